The molecule has 0 unspecified atom stereocenters. The molecular formula is C35H37N7O3S. The molecule has 46 heavy (non-hydrogen) atoms. The summed E-state index contributed by atoms with van der Waals surface area (Å²) in [5.41, 5.74) is 7.25. The summed E-state index contributed by atoms with van der Waals surface area (Å²) in [6.07, 6.45) is 3.82. The second-order valence-electron chi connectivity index (χ2n) is 11.5. The first kappa shape index (κ1) is 31.1. The maximum Gasteiger partial charge on any atom is 0.246 e. The topological polar surface area (TPSA) is 106 Å². The minimum absolute atomic E-state index is 0. The number of piperazine rings is 1. The van der Waals surface area contributed by atoms with Crippen LogP contribution >= 0.6 is 11.3 Å². The molecule has 2 atom stereocenters. The van der Waals surface area contributed by atoms with Crippen molar-refractivity contribution in [3.8, 4) is 0 Å². The van der Waals surface area contributed by atoms with Gasteiger partial charge in [0.2, 0.25) is 17.7 Å². The van der Waals surface area contributed by atoms with Gasteiger partial charge in [-0.25, -0.2) is 20.0 Å². The molecule has 0 aliphatic carbocycles. The predicted octanol–water partition coefficient (Wildman–Crippen LogP) is 4.79. The largest absolute Gasteiger partial charge is 0.345 e. The maximum atomic E-state index is 14.4. The minimum atomic E-state index is -0.790. The Morgan fingerprint density at radius 2 is 1.89 bits per heavy atom. The predicted molar refractivity (Wildman–Crippen MR) is 179 cm³/mol. The summed E-state index contributed by atoms with van der Waals surface area (Å²) in [6, 6.07) is 20.9. The molecule has 5 aromatic rings. The fourth-order valence-corrected chi connectivity index (χ4v) is 7.25. The number of imidazole rings is 1. The summed E-state index contributed by atoms with van der Waals surface area (Å²) < 4.78 is 1.05. The van der Waals surface area contributed by atoms with E-state index in [4.69, 9.17) is 0 Å². The Morgan fingerprint density at radius 1 is 1.04 bits per heavy atom. The van der Waals surface area contributed by atoms with Gasteiger partial charge in [0.1, 0.15) is 12.2 Å². The quantitative estimate of drug-likeness (QED) is 0.234. The molecule has 2 fully saturated rings. The number of amides is 3. The van der Waals surface area contributed by atoms with Crippen molar-refractivity contribution in [3.63, 3.8) is 0 Å². The van der Waals surface area contributed by atoms with Crippen LogP contribution in [0.15, 0.2) is 91.2 Å². The second-order valence-corrected chi connectivity index (χ2v) is 12.3. The van der Waals surface area contributed by atoms with E-state index in [1.54, 1.807) is 43.6 Å². The number of aromatic amines is 1. The van der Waals surface area contributed by atoms with Crippen molar-refractivity contribution in [1.82, 2.24) is 34.8 Å². The maximum absolute atomic E-state index is 14.4. The van der Waals surface area contributed by atoms with Crippen LogP contribution in [-0.4, -0.2) is 84.3 Å². The van der Waals surface area contributed by atoms with E-state index in [2.05, 4.69) is 21.5 Å². The van der Waals surface area contributed by atoms with Crippen molar-refractivity contribution in [1.29, 1.82) is 0 Å². The van der Waals surface area contributed by atoms with E-state index >= 15 is 0 Å². The molecule has 0 bridgehead atoms. The van der Waals surface area contributed by atoms with Crippen LogP contribution in [0.5, 0.6) is 0 Å². The minimum Gasteiger partial charge on any atom is -0.345 e. The highest BCUT2D eigenvalue weighted by Crippen LogP contribution is 2.31. The summed E-state index contributed by atoms with van der Waals surface area (Å²) in [4.78, 5) is 57.8. The third-order valence-corrected chi connectivity index (χ3v) is 9.41. The van der Waals surface area contributed by atoms with Crippen molar-refractivity contribution in [2.75, 3.05) is 19.6 Å². The Kier molecular flexibility index (Phi) is 8.96. The second kappa shape index (κ2) is 13.2. The molecule has 2 aliphatic heterocycles. The highest BCUT2D eigenvalue weighted by atomic mass is 32.1. The molecule has 236 valence electrons. The van der Waals surface area contributed by atoms with Gasteiger partial charge in [-0.3, -0.25) is 14.4 Å². The fraction of sp³-hybridized carbons (Fsp3) is 0.286. The van der Waals surface area contributed by atoms with E-state index in [9.17, 15) is 14.4 Å². The molecule has 2 aromatic heterocycles. The van der Waals surface area contributed by atoms with Gasteiger partial charge in [0.15, 0.2) is 0 Å². The monoisotopic (exact) mass is 635 g/mol. The van der Waals surface area contributed by atoms with Crippen LogP contribution in [0.25, 0.3) is 21.3 Å². The molecule has 0 saturated carbocycles. The zero-order valence-electron chi connectivity index (χ0n) is 24.7. The van der Waals surface area contributed by atoms with E-state index < -0.39 is 12.2 Å². The van der Waals surface area contributed by atoms with E-state index in [0.717, 1.165) is 37.9 Å². The Morgan fingerprint density at radius 3 is 2.72 bits per heavy atom. The van der Waals surface area contributed by atoms with Gasteiger partial charge in [-0.1, -0.05) is 62.0 Å². The van der Waals surface area contributed by atoms with E-state index in [-0.39, 0.29) is 44.7 Å². The molecule has 4 heterocycles. The number of aryl methyl sites for hydroxylation is 1. The average Bonchev–Trinajstić information content (AvgIpc) is 3.73. The van der Waals surface area contributed by atoms with Gasteiger partial charge in [-0.05, 0) is 41.3 Å². The number of aromatic nitrogens is 3. The van der Waals surface area contributed by atoms with Crippen LogP contribution < -0.4 is 0 Å². The highest BCUT2D eigenvalue weighted by molar-refractivity contribution is 7.16. The lowest BCUT2D eigenvalue weighted by molar-refractivity contribution is -0.205. The average molecular weight is 636 g/mol. The van der Waals surface area contributed by atoms with Gasteiger partial charge >= 0.3 is 0 Å². The number of thiazole rings is 1. The first-order chi connectivity index (χ1) is 22.0. The molecule has 0 spiro atoms. The lowest BCUT2D eigenvalue weighted by Crippen LogP contribution is -2.75. The van der Waals surface area contributed by atoms with Gasteiger partial charge in [-0.2, -0.15) is 0 Å². The summed E-state index contributed by atoms with van der Waals surface area (Å²) in [6.45, 7) is 4.71. The first-order valence-corrected chi connectivity index (χ1v) is 15.9. The van der Waals surface area contributed by atoms with Gasteiger partial charge in [0.05, 0.1) is 46.2 Å². The number of hydrogen-bond donors (Lipinski definition) is 1. The van der Waals surface area contributed by atoms with Crippen molar-refractivity contribution in [2.45, 2.75) is 45.4 Å². The molecule has 10 nitrogen and oxygen atoms in total. The van der Waals surface area contributed by atoms with E-state index in [1.165, 1.54) is 0 Å². The first-order valence-electron chi connectivity index (χ1n) is 15.0. The molecule has 2 aliphatic rings. The number of carbonyl (C=O) groups excluding carboxylic acids is 3. The molecule has 2 saturated heterocycles. The number of para-hydroxylation sites is 1. The van der Waals surface area contributed by atoms with Crippen LogP contribution in [0, 0.1) is 0 Å². The lowest BCUT2D eigenvalue weighted by atomic mass is 9.97. The number of nitrogens with zero attached hydrogens (tertiary/aromatic N) is 6. The summed E-state index contributed by atoms with van der Waals surface area (Å²) in [5, 5.41) is 3.48. The van der Waals surface area contributed by atoms with Crippen LogP contribution in [0.1, 0.15) is 30.5 Å². The van der Waals surface area contributed by atoms with Gasteiger partial charge < -0.3 is 14.8 Å². The van der Waals surface area contributed by atoms with Gasteiger partial charge in [-0.15, -0.1) is 17.9 Å². The van der Waals surface area contributed by atoms with Crippen molar-refractivity contribution in [2.24, 2.45) is 0 Å². The highest BCUT2D eigenvalue weighted by Gasteiger charge is 2.51. The third kappa shape index (κ3) is 5.91. The van der Waals surface area contributed by atoms with Crippen molar-refractivity contribution >= 4 is 50.3 Å². The van der Waals surface area contributed by atoms with E-state index in [0.29, 0.717) is 25.9 Å². The number of hydrazine groups is 1. The Labute approximate surface area is 271 Å². The number of hydrogen-bond acceptors (Lipinski definition) is 7. The van der Waals surface area contributed by atoms with Crippen LogP contribution in [-0.2, 0) is 33.8 Å². The summed E-state index contributed by atoms with van der Waals surface area (Å²) in [5.74, 6) is -0.432. The SMILES string of the molecule is C.C=CCN1CC(=O)N2[C@@H](Cc3ccc4nc[nH]c4c3)C(=O)N(Cc3cccc4scnc34)C[C@@H]2N1C(=O)CCc1ccccc1. The Bertz CT molecular complexity index is 1890. The Balaban J connectivity index is 0.00000372. The molecule has 1 N–H and O–H groups in total. The van der Waals surface area contributed by atoms with E-state index in [1.807, 2.05) is 72.2 Å². The molecule has 0 radical (unpaired) electrons. The van der Waals surface area contributed by atoms with Crippen molar-refractivity contribution < 1.29 is 14.4 Å². The third-order valence-electron chi connectivity index (χ3n) is 8.61. The summed E-state index contributed by atoms with van der Waals surface area (Å²) in [7, 11) is 0. The van der Waals surface area contributed by atoms with Crippen LogP contribution in [0.2, 0.25) is 0 Å². The number of H-pyrrole nitrogens is 1. The van der Waals surface area contributed by atoms with Gasteiger partial charge in [0.25, 0.3) is 0 Å². The molecule has 3 aromatic carbocycles. The number of fused-ring (bicyclic) bond motifs is 3. The fourth-order valence-electron chi connectivity index (χ4n) is 6.53. The number of benzene rings is 3. The van der Waals surface area contributed by atoms with Crippen LogP contribution in [0.3, 0.4) is 0 Å². The van der Waals surface area contributed by atoms with Crippen LogP contribution in [0.4, 0.5) is 0 Å². The molecular weight excluding hydrogens is 598 g/mol. The van der Waals surface area contributed by atoms with Gasteiger partial charge in [0, 0.05) is 25.9 Å². The zero-order chi connectivity index (χ0) is 30.9. The standard InChI is InChI=1S/C34H33N7O3S.CH4/c1-2-15-39-20-32(43)40-28(17-24-11-13-26-27(16-24)36-21-35-26)34(44)38(18-25-9-6-10-29-33(25)37-22-45-29)19-30(40)41(39)31(42)14-12-23-7-4-3-5-8-23;/h2-11,13,16,21-22,28,30H,1,12,14-15,17-20H2,(H,35,36);1H4/t28-,30-;/m0./s1. The summed E-state index contributed by atoms with van der Waals surface area (Å²) >= 11 is 1.56. The number of rotatable bonds is 9. The molecule has 11 heteroatoms. The van der Waals surface area contributed by atoms with Crippen molar-refractivity contribution in [3.05, 3.63) is 108 Å². The lowest BCUT2D eigenvalue weighted by Gasteiger charge is -2.55. The number of nitrogens with one attached hydrogen (secondary N) is 1. The molecule has 3 amide bonds. The number of carbonyl (C=O) groups is 3. The zero-order valence-corrected chi connectivity index (χ0v) is 25.5. The normalized spacial score (nSPS) is 18.6. The Hall–Kier alpha value is -4.87. The smallest absolute Gasteiger partial charge is 0.246 e. The molecule has 7 rings (SSSR count).